The van der Waals surface area contributed by atoms with E-state index < -0.39 is 5.91 Å². The Labute approximate surface area is 112 Å². The summed E-state index contributed by atoms with van der Waals surface area (Å²) < 4.78 is 0. The molecule has 0 saturated heterocycles. The highest BCUT2D eigenvalue weighted by Crippen LogP contribution is 2.20. The van der Waals surface area contributed by atoms with Crippen molar-refractivity contribution in [1.82, 2.24) is 15.6 Å². The molecular weight excluding hydrogens is 264 g/mol. The first-order chi connectivity index (χ1) is 9.54. The Balaban J connectivity index is 1.92. The topological polar surface area (TPSA) is 131 Å². The number of aromatic hydroxyl groups is 2. The fourth-order valence-electron chi connectivity index (χ4n) is 1.50. The fraction of sp³-hybridized carbons (Fsp3) is 0.0833. The summed E-state index contributed by atoms with van der Waals surface area (Å²) in [6.45, 7) is 0. The number of benzene rings is 1. The van der Waals surface area contributed by atoms with Gasteiger partial charge in [0.1, 0.15) is 11.5 Å². The summed E-state index contributed by atoms with van der Waals surface area (Å²) in [4.78, 5) is 22.3. The van der Waals surface area contributed by atoms with Gasteiger partial charge in [0.25, 0.3) is 5.56 Å². The molecule has 1 aromatic heterocycles. The molecule has 0 radical (unpaired) electrons. The highest BCUT2D eigenvalue weighted by Gasteiger charge is 2.04. The number of amides is 1. The van der Waals surface area contributed by atoms with Gasteiger partial charge in [0.05, 0.1) is 12.6 Å². The molecule has 0 bridgehead atoms. The Morgan fingerprint density at radius 2 is 2.10 bits per heavy atom. The van der Waals surface area contributed by atoms with Crippen molar-refractivity contribution < 1.29 is 15.0 Å². The number of nitrogens with zero attached hydrogens (tertiary/aromatic N) is 1. The summed E-state index contributed by atoms with van der Waals surface area (Å²) in [6.07, 6.45) is 1.21. The Morgan fingerprint density at radius 3 is 2.75 bits per heavy atom. The van der Waals surface area contributed by atoms with Gasteiger partial charge < -0.3 is 15.3 Å². The Morgan fingerprint density at radius 1 is 1.30 bits per heavy atom. The Hall–Kier alpha value is -3.03. The van der Waals surface area contributed by atoms with E-state index >= 15 is 0 Å². The number of aromatic nitrogens is 2. The zero-order chi connectivity index (χ0) is 14.5. The number of H-pyrrole nitrogens is 2. The molecule has 2 rings (SSSR count). The maximum absolute atomic E-state index is 11.5. The van der Waals surface area contributed by atoms with E-state index in [-0.39, 0.29) is 23.5 Å². The summed E-state index contributed by atoms with van der Waals surface area (Å²) in [6, 6.07) is 5.26. The first-order valence-electron chi connectivity index (χ1n) is 5.65. The van der Waals surface area contributed by atoms with Crippen LogP contribution < -0.4 is 11.0 Å². The molecule has 0 spiro atoms. The number of phenolic OH excluding ortho intramolecular Hbond substituents is 2. The van der Waals surface area contributed by atoms with Crippen LogP contribution in [-0.4, -0.2) is 32.5 Å². The smallest absolute Gasteiger partial charge is 0.264 e. The van der Waals surface area contributed by atoms with Crippen molar-refractivity contribution in [2.24, 2.45) is 5.10 Å². The van der Waals surface area contributed by atoms with Crippen LogP contribution in [-0.2, 0) is 11.2 Å². The third-order valence-electron chi connectivity index (χ3n) is 2.41. The minimum atomic E-state index is -0.422. The number of carbonyl (C=O) groups excluding carboxylic acids is 1. The van der Waals surface area contributed by atoms with Crippen LogP contribution in [0.2, 0.25) is 0 Å². The zero-order valence-corrected chi connectivity index (χ0v) is 10.3. The molecule has 1 heterocycles. The molecule has 5 N–H and O–H groups in total. The lowest BCUT2D eigenvalue weighted by atomic mass is 10.2. The van der Waals surface area contributed by atoms with Crippen LogP contribution >= 0.6 is 0 Å². The standard InChI is InChI=1S/C12H12N4O4/c17-9-2-1-7(10(18)5-9)6-13-15-11(19)3-8-4-12(20)16-14-8/h1-2,4-6,17-18H,3H2,(H,15,19)(H2,14,16,20)/b13-6+. The average molecular weight is 276 g/mol. The van der Waals surface area contributed by atoms with E-state index in [1.807, 2.05) is 0 Å². The van der Waals surface area contributed by atoms with Gasteiger partial charge in [0.15, 0.2) is 0 Å². The molecule has 8 heteroatoms. The minimum Gasteiger partial charge on any atom is -0.508 e. The van der Waals surface area contributed by atoms with E-state index in [9.17, 15) is 14.7 Å². The number of hydrogen-bond donors (Lipinski definition) is 5. The Kier molecular flexibility index (Phi) is 3.85. The molecule has 0 saturated carbocycles. The van der Waals surface area contributed by atoms with E-state index in [2.05, 4.69) is 20.7 Å². The molecule has 1 aromatic carbocycles. The summed E-state index contributed by atoms with van der Waals surface area (Å²) in [7, 11) is 0. The predicted octanol–water partition coefficient (Wildman–Crippen LogP) is -0.193. The van der Waals surface area contributed by atoms with Gasteiger partial charge in [0, 0.05) is 23.4 Å². The highest BCUT2D eigenvalue weighted by molar-refractivity contribution is 5.85. The summed E-state index contributed by atoms with van der Waals surface area (Å²) in [5, 5.41) is 27.1. The van der Waals surface area contributed by atoms with Crippen molar-refractivity contribution in [3.05, 3.63) is 45.9 Å². The number of aromatic amines is 2. The normalized spacial score (nSPS) is 10.8. The van der Waals surface area contributed by atoms with Gasteiger partial charge in [-0.25, -0.2) is 5.43 Å². The van der Waals surface area contributed by atoms with E-state index in [4.69, 9.17) is 5.11 Å². The molecule has 104 valence electrons. The van der Waals surface area contributed by atoms with Crippen molar-refractivity contribution in [3.63, 3.8) is 0 Å². The first kappa shape index (κ1) is 13.4. The van der Waals surface area contributed by atoms with Crippen LogP contribution in [0.4, 0.5) is 0 Å². The van der Waals surface area contributed by atoms with Crippen molar-refractivity contribution in [2.75, 3.05) is 0 Å². The molecule has 20 heavy (non-hydrogen) atoms. The monoisotopic (exact) mass is 276 g/mol. The van der Waals surface area contributed by atoms with Crippen LogP contribution in [0.1, 0.15) is 11.3 Å². The van der Waals surface area contributed by atoms with Crippen LogP contribution in [0.5, 0.6) is 11.5 Å². The Bertz CT molecular complexity index is 701. The molecule has 0 fully saturated rings. The van der Waals surface area contributed by atoms with Crippen molar-refractivity contribution >= 4 is 12.1 Å². The van der Waals surface area contributed by atoms with Crippen LogP contribution in [0, 0.1) is 0 Å². The number of hydrogen-bond acceptors (Lipinski definition) is 5. The molecular formula is C12H12N4O4. The second-order valence-electron chi connectivity index (χ2n) is 4.00. The van der Waals surface area contributed by atoms with E-state index in [0.717, 1.165) is 6.07 Å². The second-order valence-corrected chi connectivity index (χ2v) is 4.00. The lowest BCUT2D eigenvalue weighted by Crippen LogP contribution is -2.20. The molecule has 0 atom stereocenters. The van der Waals surface area contributed by atoms with Gasteiger partial charge in [-0.15, -0.1) is 0 Å². The number of carbonyl (C=O) groups is 1. The average Bonchev–Trinajstić information content (AvgIpc) is 2.77. The van der Waals surface area contributed by atoms with Gasteiger partial charge in [0.2, 0.25) is 5.91 Å². The van der Waals surface area contributed by atoms with Gasteiger partial charge in [-0.3, -0.25) is 14.7 Å². The van der Waals surface area contributed by atoms with E-state index in [1.54, 1.807) is 0 Å². The summed E-state index contributed by atoms with van der Waals surface area (Å²) in [5.41, 5.74) is 2.72. The van der Waals surface area contributed by atoms with Gasteiger partial charge in [-0.2, -0.15) is 5.10 Å². The second kappa shape index (κ2) is 5.74. The zero-order valence-electron chi connectivity index (χ0n) is 10.3. The third-order valence-corrected chi connectivity index (χ3v) is 2.41. The lowest BCUT2D eigenvalue weighted by molar-refractivity contribution is -0.120. The maximum Gasteiger partial charge on any atom is 0.264 e. The minimum absolute atomic E-state index is 0.0301. The molecule has 0 aliphatic carbocycles. The maximum atomic E-state index is 11.5. The third kappa shape index (κ3) is 3.48. The van der Waals surface area contributed by atoms with E-state index in [0.29, 0.717) is 11.3 Å². The van der Waals surface area contributed by atoms with Gasteiger partial charge >= 0.3 is 0 Å². The van der Waals surface area contributed by atoms with Crippen molar-refractivity contribution in [3.8, 4) is 11.5 Å². The van der Waals surface area contributed by atoms with Gasteiger partial charge in [-0.1, -0.05) is 0 Å². The quantitative estimate of drug-likeness (QED) is 0.391. The summed E-state index contributed by atoms with van der Waals surface area (Å²) >= 11 is 0. The number of nitrogens with one attached hydrogen (secondary N) is 3. The molecule has 0 unspecified atom stereocenters. The lowest BCUT2D eigenvalue weighted by Gasteiger charge is -2.00. The largest absolute Gasteiger partial charge is 0.508 e. The first-order valence-corrected chi connectivity index (χ1v) is 5.65. The molecule has 8 nitrogen and oxygen atoms in total. The van der Waals surface area contributed by atoms with Crippen LogP contribution in [0.15, 0.2) is 34.2 Å². The molecule has 0 aliphatic heterocycles. The molecule has 2 aromatic rings. The summed E-state index contributed by atoms with van der Waals surface area (Å²) in [5.74, 6) is -0.646. The van der Waals surface area contributed by atoms with Crippen molar-refractivity contribution in [1.29, 1.82) is 0 Å². The molecule has 0 aliphatic rings. The fourth-order valence-corrected chi connectivity index (χ4v) is 1.50. The van der Waals surface area contributed by atoms with Crippen LogP contribution in [0.25, 0.3) is 0 Å². The number of hydrazone groups is 1. The number of rotatable bonds is 4. The van der Waals surface area contributed by atoms with E-state index in [1.165, 1.54) is 24.4 Å². The molecule has 1 amide bonds. The SMILES string of the molecule is O=C(Cc1cc(=O)[nH][nH]1)N/N=C/c1ccc(O)cc1O. The number of phenols is 2. The highest BCUT2D eigenvalue weighted by atomic mass is 16.3. The van der Waals surface area contributed by atoms with Gasteiger partial charge in [-0.05, 0) is 12.1 Å². The van der Waals surface area contributed by atoms with Crippen molar-refractivity contribution in [2.45, 2.75) is 6.42 Å². The van der Waals surface area contributed by atoms with Crippen LogP contribution in [0.3, 0.4) is 0 Å². The predicted molar refractivity (Wildman–Crippen MR) is 70.6 cm³/mol.